The summed E-state index contributed by atoms with van der Waals surface area (Å²) >= 11 is 0. The highest BCUT2D eigenvalue weighted by Crippen LogP contribution is 2.40. The maximum Gasteiger partial charge on any atom is 0.252 e. The first kappa shape index (κ1) is 19.4. The lowest BCUT2D eigenvalue weighted by atomic mass is 9.92. The quantitative estimate of drug-likeness (QED) is 0.826. The maximum absolute atomic E-state index is 12.6. The van der Waals surface area contributed by atoms with Crippen LogP contribution in [0.5, 0.6) is 17.2 Å². The van der Waals surface area contributed by atoms with Gasteiger partial charge in [-0.05, 0) is 25.0 Å². The van der Waals surface area contributed by atoms with Crippen molar-refractivity contribution in [2.45, 2.75) is 32.2 Å². The van der Waals surface area contributed by atoms with Gasteiger partial charge in [-0.25, -0.2) is 0 Å². The fourth-order valence-corrected chi connectivity index (χ4v) is 2.48. The van der Waals surface area contributed by atoms with E-state index in [4.69, 9.17) is 19.9 Å². The molecule has 0 saturated heterocycles. The first-order valence-electron chi connectivity index (χ1n) is 7.59. The molecule has 3 N–H and O–H groups in total. The number of carbonyl (C=O) groups is 1. The number of hydrogen-bond donors (Lipinski definition) is 2. The van der Waals surface area contributed by atoms with Crippen LogP contribution in [-0.4, -0.2) is 38.3 Å². The summed E-state index contributed by atoms with van der Waals surface area (Å²) in [5.74, 6) is 1.38. The third-order valence-electron chi connectivity index (χ3n) is 4.21. The number of hydrogen-bond acceptors (Lipinski definition) is 5. The number of methoxy groups -OCH3 is 1. The van der Waals surface area contributed by atoms with Crippen LogP contribution in [-0.2, 0) is 0 Å². The number of ether oxygens (including phenoxy) is 3. The Morgan fingerprint density at radius 3 is 2.52 bits per heavy atom. The minimum Gasteiger partial charge on any atom is -0.493 e. The second-order valence-electron chi connectivity index (χ2n) is 5.35. The van der Waals surface area contributed by atoms with Crippen LogP contribution in [0, 0.1) is 0 Å². The summed E-state index contributed by atoms with van der Waals surface area (Å²) in [4.78, 5) is 12.6. The van der Waals surface area contributed by atoms with Crippen LogP contribution in [0.3, 0.4) is 0 Å². The highest BCUT2D eigenvalue weighted by atomic mass is 35.5. The van der Waals surface area contributed by atoms with Gasteiger partial charge in [-0.3, -0.25) is 4.79 Å². The van der Waals surface area contributed by atoms with Crippen molar-refractivity contribution in [1.82, 2.24) is 5.32 Å². The second-order valence-corrected chi connectivity index (χ2v) is 5.35. The summed E-state index contributed by atoms with van der Waals surface area (Å²) in [7, 11) is 1.54. The summed E-state index contributed by atoms with van der Waals surface area (Å²) in [6, 6.07) is 3.34. The average Bonchev–Trinajstić information content (AvgIpc) is 2.58. The van der Waals surface area contributed by atoms with Gasteiger partial charge in [0.15, 0.2) is 11.5 Å². The lowest BCUT2D eigenvalue weighted by molar-refractivity contribution is 0.0893. The van der Waals surface area contributed by atoms with Gasteiger partial charge in [0.1, 0.15) is 13.2 Å². The second kappa shape index (κ2) is 8.26. The lowest BCUT2D eigenvalue weighted by Crippen LogP contribution is -2.52. The first-order valence-corrected chi connectivity index (χ1v) is 7.59. The van der Waals surface area contributed by atoms with Gasteiger partial charge in [-0.1, -0.05) is 13.8 Å². The van der Waals surface area contributed by atoms with E-state index in [9.17, 15) is 4.79 Å². The number of nitrogens with one attached hydrogen (secondary N) is 1. The van der Waals surface area contributed by atoms with E-state index in [1.165, 1.54) is 7.11 Å². The number of halogens is 1. The highest BCUT2D eigenvalue weighted by molar-refractivity contribution is 5.96. The molecular formula is C16H25ClN2O4. The van der Waals surface area contributed by atoms with E-state index in [1.807, 2.05) is 13.8 Å². The molecular weight excluding hydrogens is 320 g/mol. The zero-order valence-electron chi connectivity index (χ0n) is 13.8. The molecule has 1 aromatic carbocycles. The van der Waals surface area contributed by atoms with Crippen molar-refractivity contribution in [1.29, 1.82) is 0 Å². The molecule has 130 valence electrons. The molecule has 0 atom stereocenters. The molecule has 0 radical (unpaired) electrons. The molecule has 0 aliphatic carbocycles. The topological polar surface area (TPSA) is 82.8 Å². The number of fused-ring (bicyclic) bond motifs is 1. The van der Waals surface area contributed by atoms with Gasteiger partial charge >= 0.3 is 0 Å². The number of amides is 1. The predicted molar refractivity (Wildman–Crippen MR) is 91.1 cm³/mol. The monoisotopic (exact) mass is 344 g/mol. The van der Waals surface area contributed by atoms with Gasteiger partial charge in [0.25, 0.3) is 5.91 Å². The third kappa shape index (κ3) is 4.00. The molecule has 1 aliphatic rings. The van der Waals surface area contributed by atoms with Gasteiger partial charge in [-0.15, -0.1) is 12.4 Å². The van der Waals surface area contributed by atoms with Gasteiger partial charge in [-0.2, -0.15) is 0 Å². The highest BCUT2D eigenvalue weighted by Gasteiger charge is 2.28. The number of rotatable bonds is 6. The Labute approximate surface area is 143 Å². The lowest BCUT2D eigenvalue weighted by Gasteiger charge is -2.31. The maximum atomic E-state index is 12.6. The fourth-order valence-electron chi connectivity index (χ4n) is 2.48. The predicted octanol–water partition coefficient (Wildman–Crippen LogP) is 2.14. The third-order valence-corrected chi connectivity index (χ3v) is 4.21. The molecule has 0 saturated carbocycles. The van der Waals surface area contributed by atoms with E-state index in [2.05, 4.69) is 5.32 Å². The molecule has 0 aromatic heterocycles. The normalized spacial score (nSPS) is 13.0. The van der Waals surface area contributed by atoms with Crippen molar-refractivity contribution in [2.75, 3.05) is 26.9 Å². The van der Waals surface area contributed by atoms with Crippen LogP contribution >= 0.6 is 12.4 Å². The van der Waals surface area contributed by atoms with E-state index in [0.717, 1.165) is 12.8 Å². The van der Waals surface area contributed by atoms with Gasteiger partial charge < -0.3 is 25.3 Å². The van der Waals surface area contributed by atoms with E-state index in [0.29, 0.717) is 42.6 Å². The summed E-state index contributed by atoms with van der Waals surface area (Å²) in [5.41, 5.74) is 5.92. The van der Waals surface area contributed by atoms with Gasteiger partial charge in [0.2, 0.25) is 5.75 Å². The summed E-state index contributed by atoms with van der Waals surface area (Å²) in [6.45, 7) is 5.35. The van der Waals surface area contributed by atoms with Crippen LogP contribution < -0.4 is 25.3 Å². The smallest absolute Gasteiger partial charge is 0.252 e. The summed E-state index contributed by atoms with van der Waals surface area (Å²) in [5, 5.41) is 3.04. The Kier molecular flexibility index (Phi) is 6.97. The van der Waals surface area contributed by atoms with Crippen molar-refractivity contribution < 1.29 is 19.0 Å². The molecule has 0 unspecified atom stereocenters. The van der Waals surface area contributed by atoms with E-state index in [1.54, 1.807) is 12.1 Å². The molecule has 23 heavy (non-hydrogen) atoms. The van der Waals surface area contributed by atoms with Crippen molar-refractivity contribution in [3.63, 3.8) is 0 Å². The first-order chi connectivity index (χ1) is 10.6. The Balaban J connectivity index is 0.00000264. The molecule has 0 spiro atoms. The Hall–Kier alpha value is -1.66. The standard InChI is InChI=1S/C16H24N2O4.ClH/c1-4-16(5-2,10-17)18-15(19)11-8-12(20-3)14-13(9-11)21-6-7-22-14;/h8-9H,4-7,10,17H2,1-3H3,(H,18,19);1H. The zero-order valence-corrected chi connectivity index (χ0v) is 14.6. The van der Waals surface area contributed by atoms with Crippen LogP contribution in [0.15, 0.2) is 12.1 Å². The van der Waals surface area contributed by atoms with Crippen LogP contribution in [0.25, 0.3) is 0 Å². The molecule has 1 heterocycles. The molecule has 6 nitrogen and oxygen atoms in total. The fraction of sp³-hybridized carbons (Fsp3) is 0.562. The number of benzene rings is 1. The minimum absolute atomic E-state index is 0. The number of carbonyl (C=O) groups excluding carboxylic acids is 1. The largest absolute Gasteiger partial charge is 0.493 e. The van der Waals surface area contributed by atoms with E-state index < -0.39 is 5.54 Å². The molecule has 7 heteroatoms. The molecule has 1 aliphatic heterocycles. The van der Waals surface area contributed by atoms with Crippen molar-refractivity contribution in [2.24, 2.45) is 5.73 Å². The Morgan fingerprint density at radius 2 is 1.96 bits per heavy atom. The van der Waals surface area contributed by atoms with Crippen molar-refractivity contribution in [3.8, 4) is 17.2 Å². The summed E-state index contributed by atoms with van der Waals surface area (Å²) < 4.78 is 16.4. The van der Waals surface area contributed by atoms with Crippen LogP contribution in [0.4, 0.5) is 0 Å². The van der Waals surface area contributed by atoms with Crippen LogP contribution in [0.2, 0.25) is 0 Å². The minimum atomic E-state index is -0.391. The molecule has 1 amide bonds. The van der Waals surface area contributed by atoms with E-state index in [-0.39, 0.29) is 18.3 Å². The molecule has 0 fully saturated rings. The van der Waals surface area contributed by atoms with E-state index >= 15 is 0 Å². The SMILES string of the molecule is CCC(CC)(CN)NC(=O)c1cc(OC)c2c(c1)OCCO2.Cl. The summed E-state index contributed by atoms with van der Waals surface area (Å²) in [6.07, 6.45) is 1.54. The zero-order chi connectivity index (χ0) is 16.2. The van der Waals surface area contributed by atoms with Gasteiger partial charge in [0, 0.05) is 12.1 Å². The van der Waals surface area contributed by atoms with Crippen molar-refractivity contribution in [3.05, 3.63) is 17.7 Å². The van der Waals surface area contributed by atoms with Crippen molar-refractivity contribution >= 4 is 18.3 Å². The Bertz CT molecular complexity index is 522. The number of nitrogens with two attached hydrogens (primary N) is 1. The molecule has 1 aromatic rings. The van der Waals surface area contributed by atoms with Crippen LogP contribution in [0.1, 0.15) is 37.0 Å². The average molecular weight is 345 g/mol. The Morgan fingerprint density at radius 1 is 1.30 bits per heavy atom. The molecule has 0 bridgehead atoms. The van der Waals surface area contributed by atoms with Gasteiger partial charge in [0.05, 0.1) is 12.6 Å². The molecule has 2 rings (SSSR count).